The molecule has 3 aliphatic rings. The summed E-state index contributed by atoms with van der Waals surface area (Å²) >= 11 is 0. The highest BCUT2D eigenvalue weighted by Crippen LogP contribution is 2.44. The van der Waals surface area contributed by atoms with Crippen LogP contribution in [0, 0.1) is 22.7 Å². The minimum atomic E-state index is -0.374. The van der Waals surface area contributed by atoms with Gasteiger partial charge in [0.25, 0.3) is 0 Å². The number of hydrogen-bond donors (Lipinski definition) is 0. The zero-order valence-electron chi connectivity index (χ0n) is 18.9. The number of ether oxygens (including phenoxy) is 2. The molecule has 0 N–H and O–H groups in total. The Kier molecular flexibility index (Phi) is 5.58. The molecular weight excluding hydrogens is 404 g/mol. The Morgan fingerprint density at radius 2 is 2.12 bits per heavy atom. The van der Waals surface area contributed by atoms with Gasteiger partial charge in [-0.15, -0.1) is 0 Å². The maximum atomic E-state index is 12.9. The van der Waals surface area contributed by atoms with Crippen molar-refractivity contribution in [1.29, 1.82) is 5.26 Å². The second-order valence-electron chi connectivity index (χ2n) is 10.2. The number of carbonyl (C=O) groups is 1. The maximum absolute atomic E-state index is 12.9. The average molecular weight is 437 g/mol. The molecule has 0 radical (unpaired) electrons. The Labute approximate surface area is 189 Å². The van der Waals surface area contributed by atoms with Gasteiger partial charge >= 0.3 is 6.09 Å². The van der Waals surface area contributed by atoms with Crippen LogP contribution in [0.4, 0.5) is 4.79 Å². The number of imidazole rings is 1. The number of rotatable bonds is 6. The summed E-state index contributed by atoms with van der Waals surface area (Å²) in [6.45, 7) is 2.98. The number of aromatic nitrogens is 2. The van der Waals surface area contributed by atoms with Gasteiger partial charge in [0.15, 0.2) is 0 Å². The second kappa shape index (κ2) is 8.40. The number of nitrogens with zero attached hydrogens (tertiary/aromatic N) is 4. The molecule has 2 saturated carbocycles. The number of hydrogen-bond acceptors (Lipinski definition) is 5. The largest absolute Gasteiger partial charge is 0.441 e. The molecule has 5 rings (SSSR count). The Morgan fingerprint density at radius 3 is 2.91 bits per heavy atom. The quantitative estimate of drug-likeness (QED) is 0.666. The standard InChI is InChI=1S/C25H32N4O3/c1-31-17-24(8-2-3-9-24)15-29-16-25(32-23(29)30)10-4-5-20(12-25)14-28-18-27-21-7-6-19(13-26)11-22(21)28/h6-7,11,18,20H,2-5,8-10,12,14-17H2,1H3/t20-,25-/m0/s1. The van der Waals surface area contributed by atoms with E-state index in [9.17, 15) is 10.1 Å². The highest BCUT2D eigenvalue weighted by Gasteiger charge is 2.50. The first kappa shape index (κ1) is 21.3. The lowest BCUT2D eigenvalue weighted by molar-refractivity contribution is 0.00397. The molecule has 1 aliphatic heterocycles. The van der Waals surface area contributed by atoms with Crippen molar-refractivity contribution in [2.45, 2.75) is 63.5 Å². The third kappa shape index (κ3) is 3.97. The normalized spacial score (nSPS) is 27.2. The van der Waals surface area contributed by atoms with E-state index in [4.69, 9.17) is 9.47 Å². The lowest BCUT2D eigenvalue weighted by Gasteiger charge is -2.37. The van der Waals surface area contributed by atoms with Gasteiger partial charge in [-0.3, -0.25) is 0 Å². The summed E-state index contributed by atoms with van der Waals surface area (Å²) in [5.41, 5.74) is 2.27. The Bertz CT molecular complexity index is 1040. The highest BCUT2D eigenvalue weighted by atomic mass is 16.6. The fourth-order valence-corrected chi connectivity index (χ4v) is 6.38. The molecule has 2 atom stereocenters. The molecule has 170 valence electrons. The molecular formula is C25H32N4O3. The SMILES string of the molecule is COCC1(CN2C[C@@]3(CCC[C@H](Cn4cnc5ccc(C#N)cc54)C3)OC2=O)CCCC1. The van der Waals surface area contributed by atoms with Crippen LogP contribution in [0.15, 0.2) is 24.5 Å². The van der Waals surface area contributed by atoms with Crippen LogP contribution < -0.4 is 0 Å². The van der Waals surface area contributed by atoms with E-state index in [2.05, 4.69) is 15.6 Å². The van der Waals surface area contributed by atoms with Gasteiger partial charge in [-0.2, -0.15) is 5.26 Å². The minimum Gasteiger partial charge on any atom is -0.441 e. The second-order valence-corrected chi connectivity index (χ2v) is 10.2. The van der Waals surface area contributed by atoms with Crippen LogP contribution in [0.3, 0.4) is 0 Å². The molecule has 32 heavy (non-hydrogen) atoms. The van der Waals surface area contributed by atoms with Crippen molar-refractivity contribution in [3.8, 4) is 6.07 Å². The molecule has 7 nitrogen and oxygen atoms in total. The lowest BCUT2D eigenvalue weighted by Crippen LogP contribution is -2.43. The first-order chi connectivity index (χ1) is 15.5. The van der Waals surface area contributed by atoms with E-state index < -0.39 is 0 Å². The van der Waals surface area contributed by atoms with Crippen LogP contribution in [-0.2, 0) is 16.0 Å². The Balaban J connectivity index is 1.29. The van der Waals surface area contributed by atoms with Gasteiger partial charge in [0, 0.05) is 25.6 Å². The molecule has 1 aromatic heterocycles. The number of fused-ring (bicyclic) bond motifs is 1. The summed E-state index contributed by atoms with van der Waals surface area (Å²) in [6, 6.07) is 7.84. The van der Waals surface area contributed by atoms with Crippen LogP contribution in [0.5, 0.6) is 0 Å². The molecule has 3 fully saturated rings. The van der Waals surface area contributed by atoms with Crippen LogP contribution in [0.25, 0.3) is 11.0 Å². The van der Waals surface area contributed by atoms with Crippen LogP contribution in [0.1, 0.15) is 56.9 Å². The van der Waals surface area contributed by atoms with Gasteiger partial charge in [-0.25, -0.2) is 9.78 Å². The lowest BCUT2D eigenvalue weighted by atomic mass is 9.77. The van der Waals surface area contributed by atoms with E-state index in [1.54, 1.807) is 7.11 Å². The predicted molar refractivity (Wildman–Crippen MR) is 120 cm³/mol. The van der Waals surface area contributed by atoms with E-state index in [1.165, 1.54) is 12.8 Å². The van der Waals surface area contributed by atoms with Crippen molar-refractivity contribution in [2.75, 3.05) is 26.8 Å². The van der Waals surface area contributed by atoms with Gasteiger partial charge in [0.05, 0.1) is 42.1 Å². The van der Waals surface area contributed by atoms with E-state index in [-0.39, 0.29) is 17.1 Å². The molecule has 7 heteroatoms. The van der Waals surface area contributed by atoms with E-state index in [0.29, 0.717) is 24.6 Å². The zero-order valence-corrected chi connectivity index (χ0v) is 18.9. The summed E-state index contributed by atoms with van der Waals surface area (Å²) in [4.78, 5) is 19.3. The summed E-state index contributed by atoms with van der Waals surface area (Å²) in [5, 5.41) is 9.25. The number of carbonyl (C=O) groups excluding carboxylic acids is 1. The van der Waals surface area contributed by atoms with Crippen LogP contribution in [-0.4, -0.2) is 53.0 Å². The van der Waals surface area contributed by atoms with Crippen molar-refractivity contribution in [3.63, 3.8) is 0 Å². The molecule has 1 aromatic carbocycles. The van der Waals surface area contributed by atoms with Gasteiger partial charge in [-0.05, 0) is 62.6 Å². The van der Waals surface area contributed by atoms with Crippen LogP contribution >= 0.6 is 0 Å². The molecule has 1 spiro atoms. The number of nitriles is 1. The highest BCUT2D eigenvalue weighted by molar-refractivity contribution is 5.77. The summed E-state index contributed by atoms with van der Waals surface area (Å²) in [6.07, 6.45) is 10.4. The van der Waals surface area contributed by atoms with Crippen molar-refractivity contribution in [2.24, 2.45) is 11.3 Å². The van der Waals surface area contributed by atoms with Crippen molar-refractivity contribution < 1.29 is 14.3 Å². The maximum Gasteiger partial charge on any atom is 0.410 e. The van der Waals surface area contributed by atoms with Gasteiger partial charge < -0.3 is 18.9 Å². The number of amides is 1. The third-order valence-corrected chi connectivity index (χ3v) is 7.79. The number of benzene rings is 1. The topological polar surface area (TPSA) is 80.4 Å². The fraction of sp³-hybridized carbons (Fsp3) is 0.640. The molecule has 2 heterocycles. The van der Waals surface area contributed by atoms with Gasteiger partial charge in [-0.1, -0.05) is 12.8 Å². The van der Waals surface area contributed by atoms with Crippen LogP contribution in [0.2, 0.25) is 0 Å². The first-order valence-corrected chi connectivity index (χ1v) is 11.9. The Morgan fingerprint density at radius 1 is 1.28 bits per heavy atom. The van der Waals surface area contributed by atoms with Gasteiger partial charge in [0.2, 0.25) is 0 Å². The third-order valence-electron chi connectivity index (χ3n) is 7.79. The summed E-state index contributed by atoms with van der Waals surface area (Å²) in [5.74, 6) is 0.416. The fourth-order valence-electron chi connectivity index (χ4n) is 6.38. The molecule has 2 aliphatic carbocycles. The molecule has 0 bridgehead atoms. The van der Waals surface area contributed by atoms with Crippen molar-refractivity contribution in [1.82, 2.24) is 14.5 Å². The molecule has 2 aromatic rings. The van der Waals surface area contributed by atoms with E-state index >= 15 is 0 Å². The summed E-state index contributed by atoms with van der Waals surface area (Å²) < 4.78 is 13.8. The Hall–Kier alpha value is -2.59. The molecule has 1 amide bonds. The monoisotopic (exact) mass is 436 g/mol. The van der Waals surface area contributed by atoms with Crippen molar-refractivity contribution >= 4 is 17.1 Å². The van der Waals surface area contributed by atoms with E-state index in [1.807, 2.05) is 29.4 Å². The van der Waals surface area contributed by atoms with Crippen molar-refractivity contribution in [3.05, 3.63) is 30.1 Å². The zero-order chi connectivity index (χ0) is 22.2. The average Bonchev–Trinajstić information content (AvgIpc) is 3.47. The predicted octanol–water partition coefficient (Wildman–Crippen LogP) is 4.50. The van der Waals surface area contributed by atoms with E-state index in [0.717, 1.165) is 62.6 Å². The minimum absolute atomic E-state index is 0.0849. The first-order valence-electron chi connectivity index (χ1n) is 11.9. The smallest absolute Gasteiger partial charge is 0.410 e. The summed E-state index contributed by atoms with van der Waals surface area (Å²) in [7, 11) is 1.76. The molecule has 0 unspecified atom stereocenters. The van der Waals surface area contributed by atoms with Gasteiger partial charge in [0.1, 0.15) is 5.60 Å². The number of methoxy groups -OCH3 is 1. The molecule has 1 saturated heterocycles.